The van der Waals surface area contributed by atoms with Crippen molar-refractivity contribution < 1.29 is 57.0 Å². The Morgan fingerprint density at radius 3 is 2.11 bits per heavy atom. The van der Waals surface area contributed by atoms with Crippen LogP contribution in [0.1, 0.15) is 100.0 Å². The van der Waals surface area contributed by atoms with Crippen LogP contribution in [-0.2, 0) is 51.9 Å². The molecule has 0 spiro atoms. The third kappa shape index (κ3) is 13.1. The van der Waals surface area contributed by atoms with Crippen LogP contribution in [0.3, 0.4) is 0 Å². The number of fused-ring (bicyclic) bond motifs is 1. The Hall–Kier alpha value is -3.29. The van der Waals surface area contributed by atoms with Gasteiger partial charge >= 0.3 is 11.9 Å². The fourth-order valence-electron chi connectivity index (χ4n) is 8.53. The Morgan fingerprint density at radius 2 is 1.52 bits per heavy atom. The van der Waals surface area contributed by atoms with Gasteiger partial charge in [0.25, 0.3) is 0 Å². The lowest BCUT2D eigenvalue weighted by Crippen LogP contribution is -2.67. The second-order valence-electron chi connectivity index (χ2n) is 20.4. The lowest BCUT2D eigenvalue weighted by atomic mass is 9.97. The van der Waals surface area contributed by atoms with Crippen molar-refractivity contribution in [1.29, 1.82) is 0 Å². The highest BCUT2D eigenvalue weighted by Gasteiger charge is 2.60. The molecule has 3 aliphatic rings. The zero-order valence-electron chi connectivity index (χ0n) is 41.7. The highest BCUT2D eigenvalue weighted by Crippen LogP contribution is 2.44. The highest BCUT2D eigenvalue weighted by molar-refractivity contribution is 7.04. The lowest BCUT2D eigenvalue weighted by molar-refractivity contribution is -0.360. The van der Waals surface area contributed by atoms with Gasteiger partial charge < -0.3 is 47.4 Å². The van der Waals surface area contributed by atoms with Crippen molar-refractivity contribution >= 4 is 38.7 Å². The average molecular weight is 951 g/mol. The van der Waals surface area contributed by atoms with Gasteiger partial charge in [0.1, 0.15) is 38.6 Å². The standard InChI is InChI=1S/C52H78O12Si2/c1-15-18-21-29-37(26-16-2)57-49-46(45-42(35(5)56-49)62-52(9,10)63-45)61-50-47(64-66(13,14)51(6,7)8)44(60-48(55)34(4)17-3)43(39(33-53)58-50)59-41(54)32-40(36-27-22-19-23-28-36)65(11,12)38-30-24-20-25-31-38/h16-17,19-20,22-25,27-28,30-32,35,37,39,42-47,49-50,53H,2,15,18,21,26,29,33H2,1,3-14H3/b34-17+,40-32-/t35-,37-,39-,42+,43-,44+,45+,46-,47-,49+,50+/m1/s1. The van der Waals surface area contributed by atoms with Crippen LogP contribution in [0.15, 0.2) is 91.0 Å². The summed E-state index contributed by atoms with van der Waals surface area (Å²) in [6.07, 6.45) is -0.661. The van der Waals surface area contributed by atoms with Crippen LogP contribution >= 0.6 is 0 Å². The van der Waals surface area contributed by atoms with E-state index in [1.54, 1.807) is 19.9 Å². The van der Waals surface area contributed by atoms with Gasteiger partial charge in [0.15, 0.2) is 38.9 Å². The van der Waals surface area contributed by atoms with E-state index >= 15 is 0 Å². The van der Waals surface area contributed by atoms with Crippen molar-refractivity contribution in [1.82, 2.24) is 0 Å². The Balaban J connectivity index is 1.63. The van der Waals surface area contributed by atoms with Crippen molar-refractivity contribution in [3.05, 3.63) is 96.6 Å². The molecule has 14 heteroatoms. The van der Waals surface area contributed by atoms with Gasteiger partial charge in [-0.25, -0.2) is 9.59 Å². The molecule has 5 rings (SSSR count). The third-order valence-electron chi connectivity index (χ3n) is 13.5. The maximum Gasteiger partial charge on any atom is 0.333 e. The number of carbonyl (C=O) groups is 2. The number of allylic oxidation sites excluding steroid dienone is 1. The Morgan fingerprint density at radius 1 is 0.879 bits per heavy atom. The SMILES string of the molecule is C=CC[C@H](CCCCC)O[C@@H]1O[C@H](C)[C@@H]2OC(C)(C)O[C@@H]2[C@H]1O[C@@H]1O[C@H](CO)[C@@H](OC(=O)/C=C(/c2ccccc2)[Si](C)(C)c2ccccc2)[C@H](OC(=O)/C(C)=C/C)[C@H]1O[Si](C)(C)C(C)(C)C. The molecule has 3 heterocycles. The largest absolute Gasteiger partial charge is 0.452 e. The number of hydrogen-bond acceptors (Lipinski definition) is 12. The first-order valence-electron chi connectivity index (χ1n) is 23.8. The molecule has 0 saturated carbocycles. The number of esters is 2. The van der Waals surface area contributed by atoms with Crippen molar-refractivity contribution in [3.8, 4) is 0 Å². The molecule has 2 aromatic rings. The first kappa shape index (κ1) is 53.7. The topological polar surface area (TPSA) is 137 Å². The van der Waals surface area contributed by atoms with E-state index in [-0.39, 0.29) is 11.1 Å². The van der Waals surface area contributed by atoms with Crippen LogP contribution in [0.25, 0.3) is 5.20 Å². The summed E-state index contributed by atoms with van der Waals surface area (Å²) in [7, 11) is -5.33. The molecule has 1 N–H and O–H groups in total. The van der Waals surface area contributed by atoms with Crippen molar-refractivity contribution in [2.24, 2.45) is 0 Å². The summed E-state index contributed by atoms with van der Waals surface area (Å²) >= 11 is 0. The van der Waals surface area contributed by atoms with Crippen LogP contribution in [-0.4, -0.2) is 113 Å². The van der Waals surface area contributed by atoms with Gasteiger partial charge in [0, 0.05) is 11.6 Å². The minimum absolute atomic E-state index is 0.231. The summed E-state index contributed by atoms with van der Waals surface area (Å²) in [5.74, 6) is -2.31. The zero-order chi connectivity index (χ0) is 48.6. The smallest absolute Gasteiger partial charge is 0.333 e. The second kappa shape index (κ2) is 22.9. The number of hydrogen-bond donors (Lipinski definition) is 1. The maximum absolute atomic E-state index is 14.6. The molecule has 0 radical (unpaired) electrons. The molecule has 0 unspecified atom stereocenters. The molecular weight excluding hydrogens is 873 g/mol. The number of aliphatic hydroxyl groups excluding tert-OH is 1. The number of ether oxygens (including phenoxy) is 8. The number of carbonyl (C=O) groups excluding carboxylic acids is 2. The maximum atomic E-state index is 14.6. The van der Waals surface area contributed by atoms with Gasteiger partial charge in [0.05, 0.1) is 18.8 Å². The summed E-state index contributed by atoms with van der Waals surface area (Å²) in [4.78, 5) is 28.6. The monoisotopic (exact) mass is 951 g/mol. The van der Waals surface area contributed by atoms with Crippen LogP contribution in [0.5, 0.6) is 0 Å². The minimum atomic E-state index is -2.80. The summed E-state index contributed by atoms with van der Waals surface area (Å²) < 4.78 is 60.4. The van der Waals surface area contributed by atoms with E-state index in [0.717, 1.165) is 41.6 Å². The van der Waals surface area contributed by atoms with Crippen LogP contribution in [0, 0.1) is 0 Å². The number of unbranched alkanes of at least 4 members (excludes halogenated alkanes) is 2. The molecule has 2 aromatic carbocycles. The zero-order valence-corrected chi connectivity index (χ0v) is 43.7. The fraction of sp³-hybridized carbons (Fsp3) is 0.615. The van der Waals surface area contributed by atoms with Crippen molar-refractivity contribution in [3.63, 3.8) is 0 Å². The molecule has 0 aliphatic carbocycles. The normalized spacial score (nSPS) is 28.9. The van der Waals surface area contributed by atoms with Crippen LogP contribution in [0.2, 0.25) is 31.2 Å². The van der Waals surface area contributed by atoms with E-state index in [2.05, 4.69) is 72.6 Å². The predicted octanol–water partition coefficient (Wildman–Crippen LogP) is 9.31. The van der Waals surface area contributed by atoms with Gasteiger partial charge in [-0.05, 0) is 76.4 Å². The van der Waals surface area contributed by atoms with E-state index < -0.39 is 102 Å². The molecule has 0 aromatic heterocycles. The molecule has 11 atom stereocenters. The van der Waals surface area contributed by atoms with E-state index in [4.69, 9.17) is 42.3 Å². The molecule has 3 saturated heterocycles. The molecule has 3 fully saturated rings. The molecule has 366 valence electrons. The van der Waals surface area contributed by atoms with Gasteiger partial charge in [-0.15, -0.1) is 6.58 Å². The Kier molecular flexibility index (Phi) is 18.6. The molecule has 0 amide bonds. The third-order valence-corrected chi connectivity index (χ3v) is 21.5. The number of aliphatic hydroxyl groups is 1. The molecule has 0 bridgehead atoms. The molecular formula is C52H78O12Si2. The highest BCUT2D eigenvalue weighted by atomic mass is 28.4. The van der Waals surface area contributed by atoms with E-state index in [1.165, 1.54) is 6.08 Å². The molecule has 3 aliphatic heterocycles. The van der Waals surface area contributed by atoms with Crippen LogP contribution in [0.4, 0.5) is 0 Å². The summed E-state index contributed by atoms with van der Waals surface area (Å²) in [6.45, 7) is 29.4. The number of benzene rings is 2. The van der Waals surface area contributed by atoms with Gasteiger partial charge in [-0.1, -0.05) is 138 Å². The minimum Gasteiger partial charge on any atom is -0.452 e. The predicted molar refractivity (Wildman–Crippen MR) is 262 cm³/mol. The first-order chi connectivity index (χ1) is 31.1. The van der Waals surface area contributed by atoms with Gasteiger partial charge in [0.2, 0.25) is 0 Å². The van der Waals surface area contributed by atoms with E-state index in [9.17, 15) is 14.7 Å². The second-order valence-corrected chi connectivity index (χ2v) is 29.5. The quantitative estimate of drug-likeness (QED) is 0.0445. The van der Waals surface area contributed by atoms with Crippen molar-refractivity contribution in [2.75, 3.05) is 6.61 Å². The first-order valence-corrected chi connectivity index (χ1v) is 29.7. The average Bonchev–Trinajstić information content (AvgIpc) is 3.61. The van der Waals surface area contributed by atoms with E-state index in [1.807, 2.05) is 75.4 Å². The summed E-state index contributed by atoms with van der Waals surface area (Å²) in [6, 6.07) is 19.9. The summed E-state index contributed by atoms with van der Waals surface area (Å²) in [5, 5.41) is 12.8. The van der Waals surface area contributed by atoms with Gasteiger partial charge in [-0.2, -0.15) is 0 Å². The Labute approximate surface area is 396 Å². The fourth-order valence-corrected chi connectivity index (χ4v) is 12.5. The van der Waals surface area contributed by atoms with Crippen molar-refractivity contribution in [2.45, 2.75) is 199 Å². The Bertz CT molecular complexity index is 1960. The molecule has 12 nitrogen and oxygen atoms in total. The van der Waals surface area contributed by atoms with Crippen LogP contribution < -0.4 is 5.19 Å². The summed E-state index contributed by atoms with van der Waals surface area (Å²) in [5.41, 5.74) is 1.22. The van der Waals surface area contributed by atoms with Gasteiger partial charge in [-0.3, -0.25) is 0 Å². The number of rotatable bonds is 20. The lowest BCUT2D eigenvalue weighted by Gasteiger charge is -2.50. The van der Waals surface area contributed by atoms with E-state index in [0.29, 0.717) is 12.0 Å². The molecule has 66 heavy (non-hydrogen) atoms.